The first-order valence-corrected chi connectivity index (χ1v) is 8.39. The molecule has 0 radical (unpaired) electrons. The Labute approximate surface area is 138 Å². The van der Waals surface area contributed by atoms with E-state index in [0.29, 0.717) is 6.04 Å². The van der Waals surface area contributed by atoms with Gasteiger partial charge >= 0.3 is 0 Å². The van der Waals surface area contributed by atoms with Crippen LogP contribution in [0.15, 0.2) is 36.7 Å². The van der Waals surface area contributed by atoms with Crippen LogP contribution >= 0.6 is 0 Å². The normalized spacial score (nSPS) is 16.0. The molecule has 2 aromatic rings. The molecule has 2 aromatic heterocycles. The molecule has 1 aliphatic heterocycles. The Hall–Kier alpha value is -2.01. The molecule has 0 saturated carbocycles. The Balaban J connectivity index is 1.60. The zero-order valence-corrected chi connectivity index (χ0v) is 14.0. The average molecular weight is 311 g/mol. The van der Waals surface area contributed by atoms with E-state index in [1.54, 1.807) is 0 Å². The largest absolute Gasteiger partial charge is 0.341 e. The summed E-state index contributed by atoms with van der Waals surface area (Å²) < 4.78 is 0. The SMILES string of the molecule is C[C@H](Cc1ccccn1)N(C)Cc1ccnc(N2CCCC2)n1. The number of hydrogen-bond acceptors (Lipinski definition) is 5. The molecule has 5 heteroatoms. The maximum Gasteiger partial charge on any atom is 0.225 e. The lowest BCUT2D eigenvalue weighted by Crippen LogP contribution is -2.31. The van der Waals surface area contributed by atoms with Gasteiger partial charge in [0.25, 0.3) is 0 Å². The van der Waals surface area contributed by atoms with Gasteiger partial charge in [-0.1, -0.05) is 6.07 Å². The molecular weight excluding hydrogens is 286 g/mol. The molecule has 1 atom stereocenters. The van der Waals surface area contributed by atoms with Crippen LogP contribution in [0.2, 0.25) is 0 Å². The zero-order valence-electron chi connectivity index (χ0n) is 14.0. The fraction of sp³-hybridized carbons (Fsp3) is 0.500. The fourth-order valence-corrected chi connectivity index (χ4v) is 2.93. The molecule has 0 bridgehead atoms. The van der Waals surface area contributed by atoms with Gasteiger partial charge in [-0.05, 0) is 45.0 Å². The minimum Gasteiger partial charge on any atom is -0.341 e. The fourth-order valence-electron chi connectivity index (χ4n) is 2.93. The van der Waals surface area contributed by atoms with E-state index < -0.39 is 0 Å². The van der Waals surface area contributed by atoms with Crippen LogP contribution in [0.5, 0.6) is 0 Å². The molecule has 0 N–H and O–H groups in total. The smallest absolute Gasteiger partial charge is 0.225 e. The van der Waals surface area contributed by atoms with Crippen molar-refractivity contribution in [2.75, 3.05) is 25.0 Å². The number of pyridine rings is 1. The predicted molar refractivity (Wildman–Crippen MR) is 92.3 cm³/mol. The third kappa shape index (κ3) is 4.26. The van der Waals surface area contributed by atoms with E-state index in [-0.39, 0.29) is 0 Å². The summed E-state index contributed by atoms with van der Waals surface area (Å²) in [6.07, 6.45) is 7.17. The molecule has 0 amide bonds. The number of hydrogen-bond donors (Lipinski definition) is 0. The Bertz CT molecular complexity index is 610. The van der Waals surface area contributed by atoms with Crippen LogP contribution < -0.4 is 4.90 Å². The van der Waals surface area contributed by atoms with Gasteiger partial charge in [-0.3, -0.25) is 9.88 Å². The Morgan fingerprint density at radius 3 is 2.65 bits per heavy atom. The van der Waals surface area contributed by atoms with Gasteiger partial charge in [0, 0.05) is 50.2 Å². The molecular formula is C18H25N5. The van der Waals surface area contributed by atoms with Gasteiger partial charge < -0.3 is 4.90 Å². The van der Waals surface area contributed by atoms with E-state index in [4.69, 9.17) is 4.98 Å². The highest BCUT2D eigenvalue weighted by atomic mass is 15.3. The van der Waals surface area contributed by atoms with E-state index in [1.165, 1.54) is 12.8 Å². The maximum absolute atomic E-state index is 4.74. The molecule has 5 nitrogen and oxygen atoms in total. The van der Waals surface area contributed by atoms with E-state index in [0.717, 1.165) is 43.4 Å². The molecule has 0 aliphatic carbocycles. The van der Waals surface area contributed by atoms with Gasteiger partial charge in [0.15, 0.2) is 0 Å². The average Bonchev–Trinajstić information content (AvgIpc) is 3.10. The van der Waals surface area contributed by atoms with Crippen LogP contribution in [0.4, 0.5) is 5.95 Å². The van der Waals surface area contributed by atoms with Crippen LogP contribution in [-0.4, -0.2) is 46.0 Å². The lowest BCUT2D eigenvalue weighted by molar-refractivity contribution is 0.244. The van der Waals surface area contributed by atoms with Crippen molar-refractivity contribution in [3.05, 3.63) is 48.0 Å². The zero-order chi connectivity index (χ0) is 16.1. The first-order chi connectivity index (χ1) is 11.2. The van der Waals surface area contributed by atoms with Crippen molar-refractivity contribution in [1.29, 1.82) is 0 Å². The van der Waals surface area contributed by atoms with E-state index in [1.807, 2.05) is 30.6 Å². The predicted octanol–water partition coefficient (Wildman–Crippen LogP) is 2.53. The number of rotatable bonds is 6. The van der Waals surface area contributed by atoms with Gasteiger partial charge in [-0.15, -0.1) is 0 Å². The maximum atomic E-state index is 4.74. The quantitative estimate of drug-likeness (QED) is 0.820. The third-order valence-electron chi connectivity index (χ3n) is 4.48. The lowest BCUT2D eigenvalue weighted by Gasteiger charge is -2.24. The Kier molecular flexibility index (Phi) is 5.18. The van der Waals surface area contributed by atoms with Gasteiger partial charge in [0.2, 0.25) is 5.95 Å². The van der Waals surface area contributed by atoms with Crippen LogP contribution in [0.3, 0.4) is 0 Å². The number of likely N-dealkylation sites (N-methyl/N-ethyl adjacent to an activating group) is 1. The molecule has 23 heavy (non-hydrogen) atoms. The molecule has 0 aromatic carbocycles. The van der Waals surface area contributed by atoms with Crippen molar-refractivity contribution >= 4 is 5.95 Å². The van der Waals surface area contributed by atoms with E-state index in [9.17, 15) is 0 Å². The molecule has 3 rings (SSSR count). The third-order valence-corrected chi connectivity index (χ3v) is 4.48. The summed E-state index contributed by atoms with van der Waals surface area (Å²) in [7, 11) is 2.14. The summed E-state index contributed by atoms with van der Waals surface area (Å²) in [4.78, 5) is 18.2. The van der Waals surface area contributed by atoms with Crippen molar-refractivity contribution in [2.45, 2.75) is 38.8 Å². The van der Waals surface area contributed by atoms with Crippen LogP contribution in [0, 0.1) is 0 Å². The van der Waals surface area contributed by atoms with Crippen molar-refractivity contribution in [1.82, 2.24) is 19.9 Å². The molecule has 1 saturated heterocycles. The summed E-state index contributed by atoms with van der Waals surface area (Å²) in [6, 6.07) is 8.51. The summed E-state index contributed by atoms with van der Waals surface area (Å²) in [5, 5.41) is 0. The molecule has 1 aliphatic rings. The van der Waals surface area contributed by atoms with Gasteiger partial charge in [-0.25, -0.2) is 9.97 Å². The number of anilines is 1. The Morgan fingerprint density at radius 1 is 1.09 bits per heavy atom. The second-order valence-corrected chi connectivity index (χ2v) is 6.33. The summed E-state index contributed by atoms with van der Waals surface area (Å²) in [6.45, 7) is 5.22. The highest BCUT2D eigenvalue weighted by Crippen LogP contribution is 2.16. The van der Waals surface area contributed by atoms with Crippen molar-refractivity contribution in [2.24, 2.45) is 0 Å². The topological polar surface area (TPSA) is 45.2 Å². The number of aromatic nitrogens is 3. The van der Waals surface area contributed by atoms with Crippen molar-refractivity contribution < 1.29 is 0 Å². The van der Waals surface area contributed by atoms with Crippen LogP contribution in [0.25, 0.3) is 0 Å². The second kappa shape index (κ2) is 7.51. The molecule has 1 fully saturated rings. The monoisotopic (exact) mass is 311 g/mol. The summed E-state index contributed by atoms with van der Waals surface area (Å²) in [5.41, 5.74) is 2.21. The lowest BCUT2D eigenvalue weighted by atomic mass is 10.1. The van der Waals surface area contributed by atoms with Gasteiger partial charge in [0.05, 0.1) is 5.69 Å². The highest BCUT2D eigenvalue weighted by molar-refractivity contribution is 5.31. The van der Waals surface area contributed by atoms with Gasteiger partial charge in [-0.2, -0.15) is 0 Å². The minimum absolute atomic E-state index is 0.412. The Morgan fingerprint density at radius 2 is 1.91 bits per heavy atom. The molecule has 3 heterocycles. The van der Waals surface area contributed by atoms with E-state index >= 15 is 0 Å². The second-order valence-electron chi connectivity index (χ2n) is 6.33. The minimum atomic E-state index is 0.412. The molecule has 0 spiro atoms. The van der Waals surface area contributed by atoms with Crippen LogP contribution in [0.1, 0.15) is 31.2 Å². The summed E-state index contributed by atoms with van der Waals surface area (Å²) >= 11 is 0. The van der Waals surface area contributed by atoms with Gasteiger partial charge in [0.1, 0.15) is 0 Å². The number of nitrogens with zero attached hydrogens (tertiary/aromatic N) is 5. The first-order valence-electron chi connectivity index (χ1n) is 8.39. The first kappa shape index (κ1) is 15.9. The van der Waals surface area contributed by atoms with Crippen LogP contribution in [-0.2, 0) is 13.0 Å². The van der Waals surface area contributed by atoms with E-state index in [2.05, 4.69) is 39.8 Å². The van der Waals surface area contributed by atoms with Crippen molar-refractivity contribution in [3.8, 4) is 0 Å². The molecule has 0 unspecified atom stereocenters. The van der Waals surface area contributed by atoms with Crippen molar-refractivity contribution in [3.63, 3.8) is 0 Å². The molecule has 122 valence electrons. The highest BCUT2D eigenvalue weighted by Gasteiger charge is 2.16. The standard InChI is InChI=1S/C18H25N5/c1-15(13-16-7-3-4-9-19-16)22(2)14-17-8-10-20-18(21-17)23-11-5-6-12-23/h3-4,7-10,15H,5-6,11-14H2,1-2H3/t15-/m1/s1. The summed E-state index contributed by atoms with van der Waals surface area (Å²) in [5.74, 6) is 0.880.